The number of carbonyl (C=O) groups is 2. The van der Waals surface area contributed by atoms with Gasteiger partial charge in [0.2, 0.25) is 5.91 Å². The Labute approximate surface area is 158 Å². The maximum atomic E-state index is 12.6. The first-order chi connectivity index (χ1) is 12.1. The molecule has 3 rings (SSSR count). The van der Waals surface area contributed by atoms with Gasteiger partial charge in [-0.05, 0) is 23.3 Å². The number of hydrogen-bond acceptors (Lipinski definition) is 5. The number of esters is 1. The van der Waals surface area contributed by atoms with Crippen LogP contribution < -0.4 is 10.6 Å². The lowest BCUT2D eigenvalue weighted by molar-refractivity contribution is -0.125. The highest BCUT2D eigenvalue weighted by molar-refractivity contribution is 5.89. The van der Waals surface area contributed by atoms with Crippen molar-refractivity contribution in [3.8, 4) is 0 Å². The molecule has 2 N–H and O–H groups in total. The van der Waals surface area contributed by atoms with Crippen molar-refractivity contribution in [1.29, 1.82) is 0 Å². The molecule has 2 heterocycles. The molecular formula is C18H23ClN4O3. The first kappa shape index (κ1) is 19.9. The van der Waals surface area contributed by atoms with E-state index < -0.39 is 0 Å². The molecule has 1 aliphatic rings. The summed E-state index contributed by atoms with van der Waals surface area (Å²) in [5.41, 5.74) is 2.41. The number of aromatic nitrogens is 2. The van der Waals surface area contributed by atoms with E-state index in [4.69, 9.17) is 4.74 Å². The van der Waals surface area contributed by atoms with Crippen LogP contribution in [0.4, 0.5) is 0 Å². The van der Waals surface area contributed by atoms with Gasteiger partial charge in [0.25, 0.3) is 0 Å². The van der Waals surface area contributed by atoms with Gasteiger partial charge in [-0.2, -0.15) is 5.10 Å². The van der Waals surface area contributed by atoms with Crippen LogP contribution in [0, 0.1) is 5.92 Å². The molecule has 1 aromatic heterocycles. The molecular weight excluding hydrogens is 356 g/mol. The van der Waals surface area contributed by atoms with E-state index in [0.717, 1.165) is 17.7 Å². The molecule has 0 aliphatic carbocycles. The topological polar surface area (TPSA) is 85.2 Å². The fourth-order valence-corrected chi connectivity index (χ4v) is 3.18. The van der Waals surface area contributed by atoms with Crippen LogP contribution in [0.5, 0.6) is 0 Å². The van der Waals surface area contributed by atoms with Gasteiger partial charge in [-0.1, -0.05) is 12.1 Å². The summed E-state index contributed by atoms with van der Waals surface area (Å²) in [6.45, 7) is 1.79. The minimum atomic E-state index is -0.384. The molecule has 0 radical (unpaired) electrons. The number of aryl methyl sites for hydroxylation is 1. The zero-order valence-corrected chi connectivity index (χ0v) is 15.6. The van der Waals surface area contributed by atoms with Gasteiger partial charge >= 0.3 is 5.97 Å². The van der Waals surface area contributed by atoms with Crippen LogP contribution in [-0.2, 0) is 23.1 Å². The Balaban J connectivity index is 0.00000243. The van der Waals surface area contributed by atoms with E-state index in [2.05, 4.69) is 15.7 Å². The smallest absolute Gasteiger partial charge is 0.337 e. The van der Waals surface area contributed by atoms with E-state index in [-0.39, 0.29) is 36.1 Å². The summed E-state index contributed by atoms with van der Waals surface area (Å²) in [5, 5.41) is 10.5. The van der Waals surface area contributed by atoms with Crippen molar-refractivity contribution in [2.45, 2.75) is 12.5 Å². The summed E-state index contributed by atoms with van der Waals surface area (Å²) in [4.78, 5) is 24.2. The molecule has 1 aliphatic heterocycles. The highest BCUT2D eigenvalue weighted by Crippen LogP contribution is 2.27. The van der Waals surface area contributed by atoms with Gasteiger partial charge in [0, 0.05) is 38.8 Å². The zero-order chi connectivity index (χ0) is 17.8. The standard InChI is InChI=1S/C18H22N4O3.ClH/c1-22-11-14(8-21-22)15-9-19-10-16(15)17(23)20-7-12-4-3-5-13(6-12)18(24)25-2;/h3-6,8,11,15-16,19H,7,9-10H2,1-2H3,(H,20,23);1H/t15-,16+;/m1./s1. The fourth-order valence-electron chi connectivity index (χ4n) is 3.18. The number of carbonyl (C=O) groups excluding carboxylic acids is 2. The third-order valence-electron chi connectivity index (χ3n) is 4.52. The monoisotopic (exact) mass is 378 g/mol. The molecule has 1 fully saturated rings. The number of ether oxygens (including phenoxy) is 1. The van der Waals surface area contributed by atoms with E-state index >= 15 is 0 Å². The van der Waals surface area contributed by atoms with E-state index in [1.807, 2.05) is 25.5 Å². The second-order valence-electron chi connectivity index (χ2n) is 6.23. The van der Waals surface area contributed by atoms with Crippen molar-refractivity contribution >= 4 is 24.3 Å². The van der Waals surface area contributed by atoms with Crippen molar-refractivity contribution in [2.24, 2.45) is 13.0 Å². The Morgan fingerprint density at radius 2 is 2.19 bits per heavy atom. The average Bonchev–Trinajstić information content (AvgIpc) is 3.27. The molecule has 26 heavy (non-hydrogen) atoms. The van der Waals surface area contributed by atoms with Gasteiger partial charge < -0.3 is 15.4 Å². The molecule has 0 spiro atoms. The number of amides is 1. The summed E-state index contributed by atoms with van der Waals surface area (Å²) >= 11 is 0. The number of halogens is 1. The summed E-state index contributed by atoms with van der Waals surface area (Å²) in [6, 6.07) is 7.08. The minimum Gasteiger partial charge on any atom is -0.465 e. The predicted molar refractivity (Wildman–Crippen MR) is 99.2 cm³/mol. The Hall–Kier alpha value is -2.38. The van der Waals surface area contributed by atoms with Gasteiger partial charge in [-0.25, -0.2) is 4.79 Å². The number of benzene rings is 1. The second kappa shape index (κ2) is 8.82. The normalized spacial score (nSPS) is 18.8. The Bertz CT molecular complexity index is 777. The third-order valence-corrected chi connectivity index (χ3v) is 4.52. The number of rotatable bonds is 5. The Morgan fingerprint density at radius 3 is 2.88 bits per heavy atom. The second-order valence-corrected chi connectivity index (χ2v) is 6.23. The molecule has 2 atom stereocenters. The van der Waals surface area contributed by atoms with Gasteiger partial charge in [-0.15, -0.1) is 12.4 Å². The number of hydrogen-bond donors (Lipinski definition) is 2. The summed E-state index contributed by atoms with van der Waals surface area (Å²) < 4.78 is 6.47. The van der Waals surface area contributed by atoms with Gasteiger partial charge in [0.05, 0.1) is 24.8 Å². The van der Waals surface area contributed by atoms with Gasteiger partial charge in [0.1, 0.15) is 0 Å². The van der Waals surface area contributed by atoms with Crippen molar-refractivity contribution in [1.82, 2.24) is 20.4 Å². The van der Waals surface area contributed by atoms with Crippen LogP contribution in [0.3, 0.4) is 0 Å². The maximum absolute atomic E-state index is 12.6. The van der Waals surface area contributed by atoms with E-state index in [0.29, 0.717) is 18.7 Å². The van der Waals surface area contributed by atoms with Crippen molar-refractivity contribution in [2.75, 3.05) is 20.2 Å². The molecule has 8 heteroatoms. The van der Waals surface area contributed by atoms with Crippen LogP contribution in [-0.4, -0.2) is 41.9 Å². The quantitative estimate of drug-likeness (QED) is 0.765. The fraction of sp³-hybridized carbons (Fsp3) is 0.389. The molecule has 2 aromatic rings. The number of methoxy groups -OCH3 is 1. The van der Waals surface area contributed by atoms with Gasteiger partial charge in [0.15, 0.2) is 0 Å². The first-order valence-electron chi connectivity index (χ1n) is 8.22. The highest BCUT2D eigenvalue weighted by Gasteiger charge is 2.34. The van der Waals surface area contributed by atoms with Crippen molar-refractivity contribution < 1.29 is 14.3 Å². The third kappa shape index (κ3) is 4.42. The highest BCUT2D eigenvalue weighted by atomic mass is 35.5. The van der Waals surface area contributed by atoms with Crippen LogP contribution in [0.15, 0.2) is 36.7 Å². The van der Waals surface area contributed by atoms with Crippen LogP contribution in [0.2, 0.25) is 0 Å². The van der Waals surface area contributed by atoms with Crippen LogP contribution >= 0.6 is 12.4 Å². The minimum absolute atomic E-state index is 0. The van der Waals surface area contributed by atoms with Crippen LogP contribution in [0.1, 0.15) is 27.4 Å². The predicted octanol–water partition coefficient (Wildman–Crippen LogP) is 1.25. The first-order valence-corrected chi connectivity index (χ1v) is 8.22. The summed E-state index contributed by atoms with van der Waals surface area (Å²) in [7, 11) is 3.22. The lowest BCUT2D eigenvalue weighted by Gasteiger charge is -2.17. The molecule has 1 amide bonds. The Kier molecular flexibility index (Phi) is 6.76. The lowest BCUT2D eigenvalue weighted by Crippen LogP contribution is -2.34. The maximum Gasteiger partial charge on any atom is 0.337 e. The van der Waals surface area contributed by atoms with E-state index in [1.54, 1.807) is 22.9 Å². The largest absolute Gasteiger partial charge is 0.465 e. The van der Waals surface area contributed by atoms with Crippen molar-refractivity contribution in [3.05, 3.63) is 53.3 Å². The lowest BCUT2D eigenvalue weighted by atomic mass is 9.90. The summed E-state index contributed by atoms with van der Waals surface area (Å²) in [6.07, 6.45) is 3.77. The molecule has 0 bridgehead atoms. The summed E-state index contributed by atoms with van der Waals surface area (Å²) in [5.74, 6) is -0.393. The van der Waals surface area contributed by atoms with Crippen LogP contribution in [0.25, 0.3) is 0 Å². The molecule has 140 valence electrons. The SMILES string of the molecule is COC(=O)c1cccc(CNC(=O)[C@H]2CNC[C@@H]2c2cnn(C)c2)c1.Cl. The average molecular weight is 379 g/mol. The van der Waals surface area contributed by atoms with Crippen molar-refractivity contribution in [3.63, 3.8) is 0 Å². The molecule has 7 nitrogen and oxygen atoms in total. The molecule has 1 saturated heterocycles. The number of nitrogens with one attached hydrogen (secondary N) is 2. The molecule has 0 unspecified atom stereocenters. The zero-order valence-electron chi connectivity index (χ0n) is 14.8. The molecule has 1 aromatic carbocycles. The van der Waals surface area contributed by atoms with E-state index in [1.165, 1.54) is 7.11 Å². The Morgan fingerprint density at radius 1 is 1.38 bits per heavy atom. The number of nitrogens with zero attached hydrogens (tertiary/aromatic N) is 2. The molecule has 0 saturated carbocycles. The van der Waals surface area contributed by atoms with Gasteiger partial charge in [-0.3, -0.25) is 9.48 Å². The van der Waals surface area contributed by atoms with E-state index in [9.17, 15) is 9.59 Å².